The van der Waals surface area contributed by atoms with Gasteiger partial charge in [0, 0.05) is 17.6 Å². The van der Waals surface area contributed by atoms with Gasteiger partial charge in [-0.25, -0.2) is 14.4 Å². The van der Waals surface area contributed by atoms with Gasteiger partial charge in [-0.05, 0) is 54.1 Å². The molecule has 4 aromatic rings. The van der Waals surface area contributed by atoms with E-state index in [1.54, 1.807) is 54.3 Å². The van der Waals surface area contributed by atoms with Crippen molar-refractivity contribution in [1.29, 1.82) is 0 Å². The summed E-state index contributed by atoms with van der Waals surface area (Å²) in [5.41, 5.74) is 2.85. The number of ether oxygens (including phenoxy) is 1. The van der Waals surface area contributed by atoms with Crippen LogP contribution < -0.4 is 10.1 Å². The smallest absolute Gasteiger partial charge is 0.244 e. The van der Waals surface area contributed by atoms with E-state index in [-0.39, 0.29) is 18.3 Å². The van der Waals surface area contributed by atoms with Gasteiger partial charge in [-0.3, -0.25) is 9.36 Å². The first kappa shape index (κ1) is 19.9. The second-order valence-electron chi connectivity index (χ2n) is 6.52. The fraction of sp³-hybridized carbons (Fsp3) is 0.136. The molecule has 4 rings (SSSR count). The van der Waals surface area contributed by atoms with Gasteiger partial charge >= 0.3 is 0 Å². The van der Waals surface area contributed by atoms with Crippen LogP contribution in [0.15, 0.2) is 72.0 Å². The first-order chi connectivity index (χ1) is 14.6. The van der Waals surface area contributed by atoms with Crippen molar-refractivity contribution in [3.8, 4) is 5.75 Å². The number of rotatable bonds is 7. The zero-order chi connectivity index (χ0) is 20.9. The minimum Gasteiger partial charge on any atom is -0.497 e. The number of hydrogen-bond acceptors (Lipinski definition) is 5. The Morgan fingerprint density at radius 3 is 2.77 bits per heavy atom. The van der Waals surface area contributed by atoms with Crippen LogP contribution in [0.4, 0.5) is 10.1 Å². The van der Waals surface area contributed by atoms with Crippen LogP contribution >= 0.6 is 11.8 Å². The minimum absolute atomic E-state index is 0.0605. The third-order valence-corrected chi connectivity index (χ3v) is 5.45. The molecule has 8 heteroatoms. The molecule has 0 aliphatic rings. The molecule has 6 nitrogen and oxygen atoms in total. The van der Waals surface area contributed by atoms with Crippen LogP contribution in [0, 0.1) is 5.82 Å². The second-order valence-corrected chi connectivity index (χ2v) is 7.46. The number of benzene rings is 2. The largest absolute Gasteiger partial charge is 0.497 e. The lowest BCUT2D eigenvalue weighted by molar-refractivity contribution is -0.116. The van der Waals surface area contributed by atoms with E-state index in [2.05, 4.69) is 15.3 Å². The number of nitrogens with one attached hydrogen (secondary N) is 1. The summed E-state index contributed by atoms with van der Waals surface area (Å²) in [6.07, 6.45) is 1.67. The molecule has 0 atom stereocenters. The quantitative estimate of drug-likeness (QED) is 0.444. The SMILES string of the molecule is COc1ccc(NC(=O)Cn2c(SCc3cccc(F)c3)nc3cccnc32)cc1. The van der Waals surface area contributed by atoms with Crippen LogP contribution in [-0.2, 0) is 17.1 Å². The van der Waals surface area contributed by atoms with Gasteiger partial charge in [-0.15, -0.1) is 0 Å². The molecule has 30 heavy (non-hydrogen) atoms. The molecule has 2 aromatic heterocycles. The number of imidazole rings is 1. The number of hydrogen-bond donors (Lipinski definition) is 1. The molecule has 0 fully saturated rings. The van der Waals surface area contributed by atoms with E-state index in [1.807, 2.05) is 12.1 Å². The molecule has 0 saturated heterocycles. The maximum Gasteiger partial charge on any atom is 0.244 e. The van der Waals surface area contributed by atoms with Crippen LogP contribution in [0.25, 0.3) is 11.2 Å². The highest BCUT2D eigenvalue weighted by molar-refractivity contribution is 7.98. The Morgan fingerprint density at radius 2 is 2.00 bits per heavy atom. The molecule has 1 N–H and O–H groups in total. The van der Waals surface area contributed by atoms with E-state index in [9.17, 15) is 9.18 Å². The van der Waals surface area contributed by atoms with Gasteiger partial charge < -0.3 is 10.1 Å². The Bertz CT molecular complexity index is 1180. The van der Waals surface area contributed by atoms with E-state index < -0.39 is 0 Å². The van der Waals surface area contributed by atoms with Gasteiger partial charge in [-0.1, -0.05) is 23.9 Å². The fourth-order valence-electron chi connectivity index (χ4n) is 2.98. The second kappa shape index (κ2) is 8.96. The summed E-state index contributed by atoms with van der Waals surface area (Å²) in [5.74, 6) is 0.773. The van der Waals surface area contributed by atoms with Crippen molar-refractivity contribution in [2.75, 3.05) is 12.4 Å². The molecule has 0 aliphatic heterocycles. The average molecular weight is 422 g/mol. The summed E-state index contributed by atoms with van der Waals surface area (Å²) in [5, 5.41) is 3.53. The number of fused-ring (bicyclic) bond motifs is 1. The zero-order valence-electron chi connectivity index (χ0n) is 16.2. The van der Waals surface area contributed by atoms with Crippen LogP contribution in [0.5, 0.6) is 5.75 Å². The lowest BCUT2D eigenvalue weighted by atomic mass is 10.2. The first-order valence-corrected chi connectivity index (χ1v) is 10.2. The Kier molecular flexibility index (Phi) is 5.94. The molecule has 0 unspecified atom stereocenters. The third kappa shape index (κ3) is 4.60. The number of carbonyl (C=O) groups excluding carboxylic acids is 1. The van der Waals surface area contributed by atoms with Crippen LogP contribution in [0.3, 0.4) is 0 Å². The Hall–Kier alpha value is -3.39. The Balaban J connectivity index is 1.54. The average Bonchev–Trinajstić information content (AvgIpc) is 3.10. The number of aromatic nitrogens is 3. The molecule has 0 radical (unpaired) electrons. The molecule has 0 spiro atoms. The molecule has 0 aliphatic carbocycles. The predicted octanol–water partition coefficient (Wildman–Crippen LogP) is 4.51. The summed E-state index contributed by atoms with van der Waals surface area (Å²) in [6.45, 7) is 0.0605. The maximum atomic E-state index is 13.5. The van der Waals surface area contributed by atoms with E-state index in [1.165, 1.54) is 23.9 Å². The molecule has 1 amide bonds. The van der Waals surface area contributed by atoms with Gasteiger partial charge in [0.05, 0.1) is 7.11 Å². The number of anilines is 1. The Labute approximate surface area is 177 Å². The zero-order valence-corrected chi connectivity index (χ0v) is 17.0. The number of nitrogens with zero attached hydrogens (tertiary/aromatic N) is 3. The number of methoxy groups -OCH3 is 1. The summed E-state index contributed by atoms with van der Waals surface area (Å²) in [6, 6.07) is 17.2. The van der Waals surface area contributed by atoms with Crippen LogP contribution in [0.2, 0.25) is 0 Å². The lowest BCUT2D eigenvalue weighted by Crippen LogP contribution is -2.19. The van der Waals surface area contributed by atoms with E-state index in [0.717, 1.165) is 5.56 Å². The molecule has 152 valence electrons. The van der Waals surface area contributed by atoms with Gasteiger partial charge in [0.1, 0.15) is 23.6 Å². The number of amides is 1. The van der Waals surface area contributed by atoms with Crippen molar-refractivity contribution in [2.24, 2.45) is 0 Å². The number of halogens is 1. The van der Waals surface area contributed by atoms with Crippen LogP contribution in [-0.4, -0.2) is 27.6 Å². The number of thioether (sulfide) groups is 1. The van der Waals surface area contributed by atoms with Gasteiger partial charge in [0.2, 0.25) is 5.91 Å². The number of pyridine rings is 1. The van der Waals surface area contributed by atoms with Gasteiger partial charge in [-0.2, -0.15) is 0 Å². The highest BCUT2D eigenvalue weighted by Gasteiger charge is 2.15. The summed E-state index contributed by atoms with van der Waals surface area (Å²) in [4.78, 5) is 21.7. The van der Waals surface area contributed by atoms with Crippen molar-refractivity contribution >= 4 is 34.5 Å². The van der Waals surface area contributed by atoms with Crippen molar-refractivity contribution in [2.45, 2.75) is 17.5 Å². The van der Waals surface area contributed by atoms with Gasteiger partial charge in [0.25, 0.3) is 0 Å². The van der Waals surface area contributed by atoms with Crippen LogP contribution in [0.1, 0.15) is 5.56 Å². The normalized spacial score (nSPS) is 10.9. The Morgan fingerprint density at radius 1 is 1.17 bits per heavy atom. The van der Waals surface area contributed by atoms with Crippen molar-refractivity contribution < 1.29 is 13.9 Å². The summed E-state index contributed by atoms with van der Waals surface area (Å²) in [7, 11) is 1.59. The molecule has 0 saturated carbocycles. The van der Waals surface area contributed by atoms with Crippen molar-refractivity contribution in [3.63, 3.8) is 0 Å². The third-order valence-electron chi connectivity index (χ3n) is 4.40. The fourth-order valence-corrected chi connectivity index (χ4v) is 3.93. The van der Waals surface area contributed by atoms with Crippen molar-refractivity contribution in [1.82, 2.24) is 14.5 Å². The van der Waals surface area contributed by atoms with E-state index in [0.29, 0.717) is 33.5 Å². The molecule has 2 aromatic carbocycles. The van der Waals surface area contributed by atoms with E-state index in [4.69, 9.17) is 4.74 Å². The molecule has 0 bridgehead atoms. The lowest BCUT2D eigenvalue weighted by Gasteiger charge is -2.10. The molecular weight excluding hydrogens is 403 g/mol. The molecule has 2 heterocycles. The van der Waals surface area contributed by atoms with Crippen molar-refractivity contribution in [3.05, 3.63) is 78.2 Å². The highest BCUT2D eigenvalue weighted by atomic mass is 32.2. The highest BCUT2D eigenvalue weighted by Crippen LogP contribution is 2.26. The standard InChI is InChI=1S/C22H19FN4O2S/c1-29-18-9-7-17(8-10-18)25-20(28)13-27-21-19(6-3-11-24-21)26-22(27)30-14-15-4-2-5-16(23)12-15/h2-12H,13-14H2,1H3,(H,25,28). The minimum atomic E-state index is -0.276. The number of carbonyl (C=O) groups is 1. The van der Waals surface area contributed by atoms with E-state index >= 15 is 0 Å². The molecular formula is C22H19FN4O2S. The monoisotopic (exact) mass is 422 g/mol. The summed E-state index contributed by atoms with van der Waals surface area (Å²) < 4.78 is 20.4. The maximum absolute atomic E-state index is 13.5. The topological polar surface area (TPSA) is 69.0 Å². The van der Waals surface area contributed by atoms with Gasteiger partial charge in [0.15, 0.2) is 10.8 Å². The summed E-state index contributed by atoms with van der Waals surface area (Å²) >= 11 is 1.44. The first-order valence-electron chi connectivity index (χ1n) is 9.25. The predicted molar refractivity (Wildman–Crippen MR) is 115 cm³/mol.